The van der Waals surface area contributed by atoms with Gasteiger partial charge in [0, 0.05) is 19.6 Å². The Balaban J connectivity index is 4.34. The average molecular weight is 344 g/mol. The summed E-state index contributed by atoms with van der Waals surface area (Å²) in [6.07, 6.45) is 1.01. The molecule has 140 valence electrons. The van der Waals surface area contributed by atoms with Crippen LogP contribution in [0.4, 0.5) is 4.79 Å². The van der Waals surface area contributed by atoms with Crippen molar-refractivity contribution in [1.82, 2.24) is 10.2 Å². The molecule has 1 atom stereocenters. The smallest absolute Gasteiger partial charge is 0.408 e. The van der Waals surface area contributed by atoms with Crippen molar-refractivity contribution < 1.29 is 19.4 Å². The number of nitrogens with two attached hydrogens (primary N) is 1. The highest BCUT2D eigenvalue weighted by molar-refractivity contribution is 5.80. The van der Waals surface area contributed by atoms with Crippen LogP contribution >= 0.6 is 0 Å². The normalized spacial score (nSPS) is 13.3. The number of rotatable bonds is 9. The molecule has 0 rings (SSSR count). The Morgan fingerprint density at radius 3 is 2.38 bits per heavy atom. The van der Waals surface area contributed by atoms with E-state index < -0.39 is 23.7 Å². The standard InChI is InChI=1S/C16H32N4O4/c1-6-18-14(17)20(7-2)11-9-8-10-12(13(21)22)19-15(23)24-16(3,4)5/h12H,6-11H2,1-5H3,(H2,17,18)(H,19,23)(H,21,22). The predicted molar refractivity (Wildman–Crippen MR) is 94.1 cm³/mol. The molecule has 8 nitrogen and oxygen atoms in total. The first kappa shape index (κ1) is 22.0. The van der Waals surface area contributed by atoms with Crippen LogP contribution in [-0.2, 0) is 9.53 Å². The van der Waals surface area contributed by atoms with Crippen LogP contribution in [0, 0.1) is 0 Å². The van der Waals surface area contributed by atoms with E-state index >= 15 is 0 Å². The van der Waals surface area contributed by atoms with Gasteiger partial charge < -0.3 is 25.8 Å². The second-order valence-corrected chi connectivity index (χ2v) is 6.45. The van der Waals surface area contributed by atoms with E-state index in [4.69, 9.17) is 10.5 Å². The van der Waals surface area contributed by atoms with Gasteiger partial charge in [-0.15, -0.1) is 0 Å². The maximum absolute atomic E-state index is 11.7. The molecule has 0 aromatic rings. The Bertz CT molecular complexity index is 432. The minimum absolute atomic E-state index is 0.330. The minimum Gasteiger partial charge on any atom is -0.480 e. The van der Waals surface area contributed by atoms with Crippen LogP contribution in [0.15, 0.2) is 4.99 Å². The van der Waals surface area contributed by atoms with Gasteiger partial charge in [-0.2, -0.15) is 0 Å². The zero-order chi connectivity index (χ0) is 18.8. The molecule has 0 aromatic heterocycles. The molecular weight excluding hydrogens is 312 g/mol. The van der Waals surface area contributed by atoms with E-state index in [0.717, 1.165) is 13.0 Å². The third kappa shape index (κ3) is 9.91. The van der Waals surface area contributed by atoms with Gasteiger partial charge in [0.25, 0.3) is 0 Å². The van der Waals surface area contributed by atoms with Gasteiger partial charge in [0.05, 0.1) is 0 Å². The molecule has 4 N–H and O–H groups in total. The van der Waals surface area contributed by atoms with E-state index in [2.05, 4.69) is 10.3 Å². The van der Waals surface area contributed by atoms with Gasteiger partial charge in [-0.25, -0.2) is 9.59 Å². The number of nitrogens with zero attached hydrogens (tertiary/aromatic N) is 2. The van der Waals surface area contributed by atoms with Crippen LogP contribution in [0.1, 0.15) is 53.9 Å². The molecule has 0 fully saturated rings. The molecule has 0 saturated heterocycles. The average Bonchev–Trinajstić information content (AvgIpc) is 2.44. The van der Waals surface area contributed by atoms with Gasteiger partial charge in [-0.1, -0.05) is 0 Å². The first-order valence-electron chi connectivity index (χ1n) is 8.37. The number of carbonyl (C=O) groups is 2. The Hall–Kier alpha value is -1.99. The van der Waals surface area contributed by atoms with Crippen LogP contribution < -0.4 is 11.1 Å². The number of nitrogens with one attached hydrogen (secondary N) is 1. The summed E-state index contributed by atoms with van der Waals surface area (Å²) in [6.45, 7) is 11.2. The third-order valence-electron chi connectivity index (χ3n) is 3.19. The number of amides is 1. The lowest BCUT2D eigenvalue weighted by Gasteiger charge is -2.23. The predicted octanol–water partition coefficient (Wildman–Crippen LogP) is 1.79. The van der Waals surface area contributed by atoms with E-state index in [0.29, 0.717) is 31.9 Å². The number of carbonyl (C=O) groups excluding carboxylic acids is 1. The Morgan fingerprint density at radius 1 is 1.29 bits per heavy atom. The van der Waals surface area contributed by atoms with E-state index in [1.165, 1.54) is 0 Å². The van der Waals surface area contributed by atoms with Gasteiger partial charge in [0.15, 0.2) is 5.96 Å². The van der Waals surface area contributed by atoms with Crippen LogP contribution in [0.25, 0.3) is 0 Å². The lowest BCUT2D eigenvalue weighted by molar-refractivity contribution is -0.139. The molecule has 8 heteroatoms. The molecule has 0 spiro atoms. The number of carboxylic acids is 1. The maximum Gasteiger partial charge on any atom is 0.408 e. The highest BCUT2D eigenvalue weighted by Crippen LogP contribution is 2.09. The summed E-state index contributed by atoms with van der Waals surface area (Å²) in [6, 6.07) is -0.961. The van der Waals surface area contributed by atoms with E-state index in [9.17, 15) is 14.7 Å². The topological polar surface area (TPSA) is 117 Å². The van der Waals surface area contributed by atoms with E-state index in [1.807, 2.05) is 18.7 Å². The fraction of sp³-hybridized carbons (Fsp3) is 0.812. The molecule has 0 radical (unpaired) electrons. The number of hydrogen-bond acceptors (Lipinski definition) is 4. The molecule has 0 heterocycles. The summed E-state index contributed by atoms with van der Waals surface area (Å²) in [5, 5.41) is 11.6. The van der Waals surface area contributed by atoms with Crippen molar-refractivity contribution in [2.75, 3.05) is 19.6 Å². The van der Waals surface area contributed by atoms with E-state index in [1.54, 1.807) is 20.8 Å². The van der Waals surface area contributed by atoms with Crippen molar-refractivity contribution in [3.8, 4) is 0 Å². The Kier molecular flexibility index (Phi) is 9.83. The van der Waals surface area contributed by atoms with Gasteiger partial charge in [-0.3, -0.25) is 4.99 Å². The highest BCUT2D eigenvalue weighted by atomic mass is 16.6. The second-order valence-electron chi connectivity index (χ2n) is 6.45. The molecule has 24 heavy (non-hydrogen) atoms. The van der Waals surface area contributed by atoms with Crippen LogP contribution in [0.5, 0.6) is 0 Å². The molecule has 0 saturated carbocycles. The van der Waals surface area contributed by atoms with Crippen molar-refractivity contribution in [2.24, 2.45) is 10.7 Å². The second kappa shape index (κ2) is 10.7. The van der Waals surface area contributed by atoms with Gasteiger partial charge in [0.2, 0.25) is 0 Å². The SMILES string of the molecule is CCN=C(N)N(CC)CCCCC(NC(=O)OC(C)(C)C)C(=O)O. The van der Waals surface area contributed by atoms with Crippen LogP contribution in [-0.4, -0.2) is 59.3 Å². The van der Waals surface area contributed by atoms with Crippen molar-refractivity contribution in [1.29, 1.82) is 0 Å². The summed E-state index contributed by atoms with van der Waals surface area (Å²) in [4.78, 5) is 29.1. The molecule has 0 bridgehead atoms. The van der Waals surface area contributed by atoms with Gasteiger partial charge in [0.1, 0.15) is 11.6 Å². The number of aliphatic carboxylic acids is 1. The molecule has 0 aliphatic rings. The van der Waals surface area contributed by atoms with Crippen LogP contribution in [0.3, 0.4) is 0 Å². The summed E-state index contributed by atoms with van der Waals surface area (Å²) in [5.74, 6) is -0.568. The van der Waals surface area contributed by atoms with Crippen molar-refractivity contribution in [3.05, 3.63) is 0 Å². The zero-order valence-corrected chi connectivity index (χ0v) is 15.5. The number of ether oxygens (including phenoxy) is 1. The first-order chi connectivity index (χ1) is 11.1. The zero-order valence-electron chi connectivity index (χ0n) is 15.5. The Labute approximate surface area is 144 Å². The van der Waals surface area contributed by atoms with Crippen molar-refractivity contribution >= 4 is 18.0 Å². The summed E-state index contributed by atoms with van der Waals surface area (Å²) in [5.41, 5.74) is 5.20. The molecular formula is C16H32N4O4. The molecule has 0 aliphatic heterocycles. The monoisotopic (exact) mass is 344 g/mol. The molecule has 0 aliphatic carbocycles. The number of guanidine groups is 1. The fourth-order valence-corrected chi connectivity index (χ4v) is 2.05. The number of alkyl carbamates (subject to hydrolysis) is 1. The quantitative estimate of drug-likeness (QED) is 0.333. The minimum atomic E-state index is -1.07. The highest BCUT2D eigenvalue weighted by Gasteiger charge is 2.23. The number of carboxylic acid groups (broad SMARTS) is 1. The van der Waals surface area contributed by atoms with Gasteiger partial charge >= 0.3 is 12.1 Å². The van der Waals surface area contributed by atoms with Gasteiger partial charge in [-0.05, 0) is 53.9 Å². The summed E-state index contributed by atoms with van der Waals surface area (Å²) in [7, 11) is 0. The lowest BCUT2D eigenvalue weighted by atomic mass is 10.1. The molecule has 1 amide bonds. The third-order valence-corrected chi connectivity index (χ3v) is 3.19. The fourth-order valence-electron chi connectivity index (χ4n) is 2.05. The van der Waals surface area contributed by atoms with Crippen LogP contribution in [0.2, 0.25) is 0 Å². The number of unbranched alkanes of at least 4 members (excludes halogenated alkanes) is 1. The Morgan fingerprint density at radius 2 is 1.92 bits per heavy atom. The van der Waals surface area contributed by atoms with E-state index in [-0.39, 0.29) is 0 Å². The van der Waals surface area contributed by atoms with Crippen molar-refractivity contribution in [2.45, 2.75) is 65.5 Å². The molecule has 0 aromatic carbocycles. The maximum atomic E-state index is 11.7. The largest absolute Gasteiger partial charge is 0.480 e. The number of hydrogen-bond donors (Lipinski definition) is 3. The summed E-state index contributed by atoms with van der Waals surface area (Å²) < 4.78 is 5.08. The van der Waals surface area contributed by atoms with Crippen molar-refractivity contribution in [3.63, 3.8) is 0 Å². The first-order valence-corrected chi connectivity index (χ1v) is 8.37. The number of aliphatic imine (C=N–C) groups is 1. The summed E-state index contributed by atoms with van der Waals surface area (Å²) >= 11 is 0. The lowest BCUT2D eigenvalue weighted by Crippen LogP contribution is -2.43. The molecule has 1 unspecified atom stereocenters.